The zero-order valence-electron chi connectivity index (χ0n) is 24.2. The van der Waals surface area contributed by atoms with E-state index in [1.165, 1.54) is 0 Å². The highest BCUT2D eigenvalue weighted by atomic mass is 16.5. The number of amides is 3. The number of nitrogens with zero attached hydrogens (tertiary/aromatic N) is 1. The van der Waals surface area contributed by atoms with E-state index in [2.05, 4.69) is 10.6 Å². The number of fused-ring (bicyclic) bond motifs is 1. The molecule has 210 valence electrons. The molecule has 1 aliphatic carbocycles. The Bertz CT molecular complexity index is 1290. The Balaban J connectivity index is 2.11. The number of anilines is 2. The average Bonchev–Trinajstić information content (AvgIpc) is 2.86. The van der Waals surface area contributed by atoms with Crippen LogP contribution in [0.4, 0.5) is 16.2 Å². The molecule has 3 N–H and O–H groups in total. The summed E-state index contributed by atoms with van der Waals surface area (Å²) in [5.41, 5.74) is 3.75. The summed E-state index contributed by atoms with van der Waals surface area (Å²) in [6.45, 7) is 13.5. The van der Waals surface area contributed by atoms with Gasteiger partial charge in [-0.15, -0.1) is 0 Å². The third kappa shape index (κ3) is 5.14. The van der Waals surface area contributed by atoms with Crippen molar-refractivity contribution in [3.8, 4) is 11.1 Å². The van der Waals surface area contributed by atoms with Gasteiger partial charge in [0, 0.05) is 12.1 Å². The number of carboxylic acids is 1. The first kappa shape index (κ1) is 28.6. The SMILES string of the molecule is CCNC(=O)N1c2c(C)c(-c3ccc(C)cc3)c([C@H](OC(C)(C)C)C(=O)O)c(C)c2NC(=O)C12CCCCC2. The minimum atomic E-state index is -1.29. The van der Waals surface area contributed by atoms with Crippen molar-refractivity contribution in [1.82, 2.24) is 5.32 Å². The third-order valence-electron chi connectivity index (χ3n) is 7.84. The van der Waals surface area contributed by atoms with Gasteiger partial charge in [-0.1, -0.05) is 49.1 Å². The number of ether oxygens (including phenoxy) is 1. The largest absolute Gasteiger partial charge is 0.479 e. The number of urea groups is 1. The van der Waals surface area contributed by atoms with Crippen LogP contribution in [0.25, 0.3) is 11.1 Å². The Hall–Kier alpha value is -3.39. The number of carboxylic acid groups (broad SMARTS) is 1. The number of carbonyl (C=O) groups is 3. The molecule has 2 aliphatic rings. The van der Waals surface area contributed by atoms with Gasteiger partial charge in [-0.05, 0) is 83.6 Å². The number of hydrogen-bond acceptors (Lipinski definition) is 4. The molecule has 0 bridgehead atoms. The van der Waals surface area contributed by atoms with Crippen LogP contribution < -0.4 is 15.5 Å². The fourth-order valence-electron chi connectivity index (χ4n) is 6.11. The quantitative estimate of drug-likeness (QED) is 0.410. The lowest BCUT2D eigenvalue weighted by atomic mass is 9.76. The van der Waals surface area contributed by atoms with Crippen LogP contribution in [0.2, 0.25) is 0 Å². The van der Waals surface area contributed by atoms with E-state index in [9.17, 15) is 19.5 Å². The highest BCUT2D eigenvalue weighted by Gasteiger charge is 2.53. The summed E-state index contributed by atoms with van der Waals surface area (Å²) >= 11 is 0. The van der Waals surface area contributed by atoms with Crippen LogP contribution in [0.1, 0.15) is 88.2 Å². The van der Waals surface area contributed by atoms with Crippen molar-refractivity contribution in [3.63, 3.8) is 0 Å². The van der Waals surface area contributed by atoms with Gasteiger partial charge in [0.2, 0.25) is 0 Å². The van der Waals surface area contributed by atoms with Crippen LogP contribution in [0.3, 0.4) is 0 Å². The van der Waals surface area contributed by atoms with Crippen molar-refractivity contribution in [1.29, 1.82) is 0 Å². The van der Waals surface area contributed by atoms with Crippen molar-refractivity contribution in [2.75, 3.05) is 16.8 Å². The molecule has 2 aromatic rings. The van der Waals surface area contributed by atoms with Gasteiger partial charge in [-0.25, -0.2) is 9.59 Å². The van der Waals surface area contributed by atoms with Gasteiger partial charge < -0.3 is 20.5 Å². The van der Waals surface area contributed by atoms with E-state index in [4.69, 9.17) is 4.74 Å². The topological polar surface area (TPSA) is 108 Å². The van der Waals surface area contributed by atoms with E-state index in [-0.39, 0.29) is 11.9 Å². The number of aliphatic carboxylic acids is 1. The summed E-state index contributed by atoms with van der Waals surface area (Å²) < 4.78 is 6.14. The Morgan fingerprint density at radius 3 is 2.23 bits per heavy atom. The van der Waals surface area contributed by atoms with Gasteiger partial charge in [0.15, 0.2) is 6.10 Å². The van der Waals surface area contributed by atoms with Gasteiger partial charge in [-0.3, -0.25) is 9.69 Å². The van der Waals surface area contributed by atoms with Crippen LogP contribution in [0.15, 0.2) is 24.3 Å². The highest BCUT2D eigenvalue weighted by molar-refractivity contribution is 6.16. The molecule has 2 aromatic carbocycles. The smallest absolute Gasteiger partial charge is 0.337 e. The number of hydrogen-bond donors (Lipinski definition) is 3. The second-order valence-corrected chi connectivity index (χ2v) is 11.8. The molecule has 0 unspecified atom stereocenters. The van der Waals surface area contributed by atoms with Gasteiger partial charge >= 0.3 is 12.0 Å². The number of nitrogens with one attached hydrogen (secondary N) is 2. The lowest BCUT2D eigenvalue weighted by Crippen LogP contribution is -2.65. The summed E-state index contributed by atoms with van der Waals surface area (Å²) in [6, 6.07) is 7.59. The van der Waals surface area contributed by atoms with Gasteiger partial charge in [-0.2, -0.15) is 0 Å². The van der Waals surface area contributed by atoms with Gasteiger partial charge in [0.05, 0.1) is 17.0 Å². The van der Waals surface area contributed by atoms with Crippen molar-refractivity contribution in [3.05, 3.63) is 46.5 Å². The van der Waals surface area contributed by atoms with Crippen molar-refractivity contribution in [2.24, 2.45) is 0 Å². The van der Waals surface area contributed by atoms with Gasteiger partial charge in [0.25, 0.3) is 5.91 Å². The Kier molecular flexibility index (Phi) is 7.81. The predicted octanol–water partition coefficient (Wildman–Crippen LogP) is 6.41. The average molecular weight is 536 g/mol. The van der Waals surface area contributed by atoms with E-state index < -0.39 is 23.2 Å². The fourth-order valence-corrected chi connectivity index (χ4v) is 6.11. The summed E-state index contributed by atoms with van der Waals surface area (Å²) in [5, 5.41) is 16.5. The van der Waals surface area contributed by atoms with Crippen molar-refractivity contribution < 1.29 is 24.2 Å². The molecule has 1 heterocycles. The van der Waals surface area contributed by atoms with Crippen LogP contribution in [-0.4, -0.2) is 40.7 Å². The number of carbonyl (C=O) groups excluding carboxylic acids is 2. The Morgan fingerprint density at radius 1 is 1.08 bits per heavy atom. The number of aryl methyl sites for hydroxylation is 1. The maximum absolute atomic E-state index is 13.9. The first-order chi connectivity index (χ1) is 18.3. The molecule has 8 nitrogen and oxygen atoms in total. The molecule has 1 atom stereocenters. The molecule has 8 heteroatoms. The molecule has 39 heavy (non-hydrogen) atoms. The van der Waals surface area contributed by atoms with Crippen molar-refractivity contribution >= 4 is 29.3 Å². The number of rotatable bonds is 5. The normalized spacial score (nSPS) is 17.4. The number of benzene rings is 2. The van der Waals surface area contributed by atoms with Crippen LogP contribution in [0.5, 0.6) is 0 Å². The van der Waals surface area contributed by atoms with E-state index in [0.717, 1.165) is 36.0 Å². The van der Waals surface area contributed by atoms with E-state index in [0.29, 0.717) is 47.5 Å². The maximum Gasteiger partial charge on any atom is 0.337 e. The second kappa shape index (κ2) is 10.6. The lowest BCUT2D eigenvalue weighted by molar-refractivity contribution is -0.160. The van der Waals surface area contributed by atoms with E-state index in [1.54, 1.807) is 4.90 Å². The minimum absolute atomic E-state index is 0.221. The Labute approximate surface area is 231 Å². The second-order valence-electron chi connectivity index (χ2n) is 11.8. The molecule has 4 rings (SSSR count). The first-order valence-corrected chi connectivity index (χ1v) is 13.9. The van der Waals surface area contributed by atoms with E-state index in [1.807, 2.05) is 72.7 Å². The maximum atomic E-state index is 13.9. The van der Waals surface area contributed by atoms with E-state index >= 15 is 0 Å². The molecule has 0 radical (unpaired) electrons. The molecular formula is C31H41N3O5. The molecular weight excluding hydrogens is 494 g/mol. The summed E-state index contributed by atoms with van der Waals surface area (Å²) in [6.07, 6.45) is 2.56. The standard InChI is InChI=1S/C31H41N3O5/c1-8-32-29(38)34-25-20(4)22(21-14-12-18(2)13-15-21)23(26(27(35)36)39-30(5,6)7)19(3)24(25)33-28(37)31(34)16-10-9-11-17-31/h12-15,26H,8-11,16-17H2,1-7H3,(H,32,38)(H,33,37)(H,35,36)/t26-/m0/s1. The summed E-state index contributed by atoms with van der Waals surface area (Å²) in [5.74, 6) is -1.34. The van der Waals surface area contributed by atoms with Crippen molar-refractivity contribution in [2.45, 2.75) is 97.8 Å². The molecule has 0 saturated heterocycles. The summed E-state index contributed by atoms with van der Waals surface area (Å²) in [7, 11) is 0. The van der Waals surface area contributed by atoms with Gasteiger partial charge in [0.1, 0.15) is 5.54 Å². The molecule has 0 aromatic heterocycles. The van der Waals surface area contributed by atoms with Crippen LogP contribution >= 0.6 is 0 Å². The first-order valence-electron chi connectivity index (χ1n) is 13.9. The van der Waals surface area contributed by atoms with Crippen LogP contribution in [0, 0.1) is 20.8 Å². The highest BCUT2D eigenvalue weighted by Crippen LogP contribution is 2.52. The Morgan fingerprint density at radius 2 is 1.69 bits per heavy atom. The molecule has 1 aliphatic heterocycles. The zero-order valence-corrected chi connectivity index (χ0v) is 24.2. The molecule has 3 amide bonds. The zero-order chi connectivity index (χ0) is 28.7. The summed E-state index contributed by atoms with van der Waals surface area (Å²) in [4.78, 5) is 42.0. The molecule has 1 saturated carbocycles. The predicted molar refractivity (Wildman–Crippen MR) is 153 cm³/mol. The molecule has 1 spiro atoms. The monoisotopic (exact) mass is 535 g/mol. The molecule has 1 fully saturated rings. The lowest BCUT2D eigenvalue weighted by Gasteiger charge is -2.49. The van der Waals surface area contributed by atoms with Crippen LogP contribution in [-0.2, 0) is 14.3 Å². The third-order valence-corrected chi connectivity index (χ3v) is 7.84. The minimum Gasteiger partial charge on any atom is -0.479 e. The fraction of sp³-hybridized carbons (Fsp3) is 0.516.